The van der Waals surface area contributed by atoms with Crippen LogP contribution in [0.5, 0.6) is 5.75 Å². The standard InChI is InChI=1S/C18H21N3O2/c1-12(13-6-10-15(23-2)11-7-13)19-18(22)16-4-3-5-17(21-16)20-14-8-9-14/h3-7,10-12,14H,8-9H2,1-2H3,(H,19,22)(H,20,21). The number of pyridine rings is 1. The number of carbonyl (C=O) groups is 1. The first-order valence-corrected chi connectivity index (χ1v) is 7.84. The van der Waals surface area contributed by atoms with Gasteiger partial charge in [-0.05, 0) is 49.6 Å². The molecule has 1 fully saturated rings. The summed E-state index contributed by atoms with van der Waals surface area (Å²) in [4.78, 5) is 16.8. The first-order chi connectivity index (χ1) is 11.2. The van der Waals surface area contributed by atoms with Crippen LogP contribution in [0.4, 0.5) is 5.82 Å². The normalized spacial score (nSPS) is 14.9. The van der Waals surface area contributed by atoms with Gasteiger partial charge in [0.05, 0.1) is 13.2 Å². The topological polar surface area (TPSA) is 63.2 Å². The molecule has 1 aromatic carbocycles. The van der Waals surface area contributed by atoms with E-state index < -0.39 is 0 Å². The number of rotatable bonds is 6. The highest BCUT2D eigenvalue weighted by Crippen LogP contribution is 2.23. The summed E-state index contributed by atoms with van der Waals surface area (Å²) in [6.07, 6.45) is 2.35. The first kappa shape index (κ1) is 15.3. The van der Waals surface area contributed by atoms with Crippen LogP contribution in [0.1, 0.15) is 41.9 Å². The quantitative estimate of drug-likeness (QED) is 0.860. The lowest BCUT2D eigenvalue weighted by Gasteiger charge is -2.15. The second-order valence-corrected chi connectivity index (χ2v) is 5.79. The number of hydrogen-bond donors (Lipinski definition) is 2. The number of hydrogen-bond acceptors (Lipinski definition) is 4. The van der Waals surface area contributed by atoms with Crippen molar-refractivity contribution in [1.82, 2.24) is 10.3 Å². The SMILES string of the molecule is COc1ccc(C(C)NC(=O)c2cccc(NC3CC3)n2)cc1. The lowest BCUT2D eigenvalue weighted by atomic mass is 10.1. The Morgan fingerprint density at radius 1 is 1.22 bits per heavy atom. The molecule has 0 spiro atoms. The van der Waals surface area contributed by atoms with Crippen LogP contribution >= 0.6 is 0 Å². The largest absolute Gasteiger partial charge is 0.497 e. The van der Waals surface area contributed by atoms with E-state index in [2.05, 4.69) is 15.6 Å². The van der Waals surface area contributed by atoms with Crippen molar-refractivity contribution in [3.8, 4) is 5.75 Å². The summed E-state index contributed by atoms with van der Waals surface area (Å²) < 4.78 is 5.14. The van der Waals surface area contributed by atoms with E-state index >= 15 is 0 Å². The lowest BCUT2D eigenvalue weighted by Crippen LogP contribution is -2.27. The Labute approximate surface area is 136 Å². The maximum Gasteiger partial charge on any atom is 0.270 e. The molecule has 0 bridgehead atoms. The smallest absolute Gasteiger partial charge is 0.270 e. The van der Waals surface area contributed by atoms with Gasteiger partial charge in [0.15, 0.2) is 0 Å². The maximum atomic E-state index is 12.4. The van der Waals surface area contributed by atoms with E-state index in [1.165, 1.54) is 12.8 Å². The number of carbonyl (C=O) groups excluding carboxylic acids is 1. The Morgan fingerprint density at radius 3 is 2.61 bits per heavy atom. The van der Waals surface area contributed by atoms with Gasteiger partial charge in [0.2, 0.25) is 0 Å². The molecule has 0 aliphatic heterocycles. The zero-order chi connectivity index (χ0) is 16.2. The minimum absolute atomic E-state index is 0.102. The molecule has 3 rings (SSSR count). The molecule has 2 N–H and O–H groups in total. The van der Waals surface area contributed by atoms with E-state index in [0.717, 1.165) is 17.1 Å². The third-order valence-electron chi connectivity index (χ3n) is 3.87. The van der Waals surface area contributed by atoms with E-state index in [1.54, 1.807) is 13.2 Å². The zero-order valence-electron chi connectivity index (χ0n) is 13.4. The van der Waals surface area contributed by atoms with Crippen molar-refractivity contribution in [1.29, 1.82) is 0 Å². The van der Waals surface area contributed by atoms with Crippen LogP contribution in [-0.2, 0) is 0 Å². The molecule has 23 heavy (non-hydrogen) atoms. The van der Waals surface area contributed by atoms with Crippen LogP contribution in [0.15, 0.2) is 42.5 Å². The summed E-state index contributed by atoms with van der Waals surface area (Å²) >= 11 is 0. The minimum atomic E-state index is -0.173. The van der Waals surface area contributed by atoms with Crippen LogP contribution in [0.2, 0.25) is 0 Å². The molecule has 5 nitrogen and oxygen atoms in total. The Hall–Kier alpha value is -2.56. The van der Waals surface area contributed by atoms with Crippen LogP contribution in [0, 0.1) is 0 Å². The number of nitrogens with one attached hydrogen (secondary N) is 2. The van der Waals surface area contributed by atoms with Gasteiger partial charge in [0.25, 0.3) is 5.91 Å². The van der Waals surface area contributed by atoms with Gasteiger partial charge in [-0.15, -0.1) is 0 Å². The molecule has 0 saturated heterocycles. The molecular formula is C18H21N3O2. The summed E-state index contributed by atoms with van der Waals surface area (Å²) in [5, 5.41) is 6.28. The molecule has 120 valence electrons. The van der Waals surface area contributed by atoms with Gasteiger partial charge in [-0.3, -0.25) is 4.79 Å². The van der Waals surface area contributed by atoms with Gasteiger partial charge in [0, 0.05) is 6.04 Å². The Balaban J connectivity index is 1.65. The fourth-order valence-electron chi connectivity index (χ4n) is 2.32. The second kappa shape index (κ2) is 6.69. The summed E-state index contributed by atoms with van der Waals surface area (Å²) in [5.41, 5.74) is 1.45. The number of nitrogens with zero attached hydrogens (tertiary/aromatic N) is 1. The van der Waals surface area contributed by atoms with E-state index in [9.17, 15) is 4.79 Å². The minimum Gasteiger partial charge on any atom is -0.497 e. The molecule has 1 saturated carbocycles. The number of benzene rings is 1. The first-order valence-electron chi connectivity index (χ1n) is 7.84. The molecule has 0 radical (unpaired) electrons. The van der Waals surface area contributed by atoms with Gasteiger partial charge in [-0.2, -0.15) is 0 Å². The van der Waals surface area contributed by atoms with E-state index in [4.69, 9.17) is 4.74 Å². The van der Waals surface area contributed by atoms with Crippen molar-refractivity contribution in [2.45, 2.75) is 31.8 Å². The number of methoxy groups -OCH3 is 1. The Bertz CT molecular complexity index is 681. The molecule has 1 aromatic heterocycles. The van der Waals surface area contributed by atoms with Crippen molar-refractivity contribution in [2.75, 3.05) is 12.4 Å². The zero-order valence-corrected chi connectivity index (χ0v) is 13.4. The molecule has 1 aliphatic carbocycles. The second-order valence-electron chi connectivity index (χ2n) is 5.79. The highest BCUT2D eigenvalue weighted by molar-refractivity contribution is 5.92. The molecule has 2 aromatic rings. The van der Waals surface area contributed by atoms with E-state index in [0.29, 0.717) is 11.7 Å². The monoisotopic (exact) mass is 311 g/mol. The number of amides is 1. The van der Waals surface area contributed by atoms with Crippen LogP contribution in [0.3, 0.4) is 0 Å². The molecule has 1 unspecified atom stereocenters. The summed E-state index contributed by atoms with van der Waals surface area (Å²) in [5.74, 6) is 1.39. The highest BCUT2D eigenvalue weighted by Gasteiger charge is 2.21. The number of ether oxygens (including phenoxy) is 1. The van der Waals surface area contributed by atoms with Crippen molar-refractivity contribution < 1.29 is 9.53 Å². The predicted molar refractivity (Wildman–Crippen MR) is 89.8 cm³/mol. The third-order valence-corrected chi connectivity index (χ3v) is 3.87. The van der Waals surface area contributed by atoms with E-state index in [-0.39, 0.29) is 11.9 Å². The third kappa shape index (κ3) is 4.00. The van der Waals surface area contributed by atoms with Crippen molar-refractivity contribution in [3.05, 3.63) is 53.7 Å². The fraction of sp³-hybridized carbons (Fsp3) is 0.333. The molecule has 1 amide bonds. The van der Waals surface area contributed by atoms with Gasteiger partial charge >= 0.3 is 0 Å². The van der Waals surface area contributed by atoms with E-state index in [1.807, 2.05) is 43.3 Å². The van der Waals surface area contributed by atoms with Crippen LogP contribution in [0.25, 0.3) is 0 Å². The molecule has 5 heteroatoms. The number of anilines is 1. The van der Waals surface area contributed by atoms with Gasteiger partial charge in [0.1, 0.15) is 17.3 Å². The summed E-state index contributed by atoms with van der Waals surface area (Å²) in [7, 11) is 1.63. The average molecular weight is 311 g/mol. The van der Waals surface area contributed by atoms with Gasteiger partial charge in [-0.25, -0.2) is 4.98 Å². The number of aromatic nitrogens is 1. The van der Waals surface area contributed by atoms with Crippen molar-refractivity contribution >= 4 is 11.7 Å². The molecule has 1 aliphatic rings. The van der Waals surface area contributed by atoms with Crippen molar-refractivity contribution in [2.24, 2.45) is 0 Å². The van der Waals surface area contributed by atoms with Crippen LogP contribution < -0.4 is 15.4 Å². The van der Waals surface area contributed by atoms with Gasteiger partial charge in [-0.1, -0.05) is 18.2 Å². The summed E-state index contributed by atoms with van der Waals surface area (Å²) in [6.45, 7) is 1.95. The molecule has 1 heterocycles. The van der Waals surface area contributed by atoms with Crippen LogP contribution in [-0.4, -0.2) is 24.0 Å². The molecular weight excluding hydrogens is 290 g/mol. The molecule has 1 atom stereocenters. The summed E-state index contributed by atoms with van der Waals surface area (Å²) in [6, 6.07) is 13.5. The predicted octanol–water partition coefficient (Wildman–Crippen LogP) is 3.16. The Kier molecular flexibility index (Phi) is 4.46. The maximum absolute atomic E-state index is 12.4. The van der Waals surface area contributed by atoms with Gasteiger partial charge < -0.3 is 15.4 Å². The Morgan fingerprint density at radius 2 is 1.96 bits per heavy atom. The highest BCUT2D eigenvalue weighted by atomic mass is 16.5. The lowest BCUT2D eigenvalue weighted by molar-refractivity contribution is 0.0935. The fourth-order valence-corrected chi connectivity index (χ4v) is 2.32. The average Bonchev–Trinajstić information content (AvgIpc) is 3.39. The van der Waals surface area contributed by atoms with Crippen molar-refractivity contribution in [3.63, 3.8) is 0 Å².